The maximum atomic E-state index is 5.92. The number of hydrogen-bond acceptors (Lipinski definition) is 2. The molecule has 80 valence electrons. The lowest BCUT2D eigenvalue weighted by molar-refractivity contribution is 0.194. The summed E-state index contributed by atoms with van der Waals surface area (Å²) in [4.78, 5) is 4.14. The van der Waals surface area contributed by atoms with Crippen molar-refractivity contribution in [3.05, 3.63) is 24.0 Å². The van der Waals surface area contributed by atoms with E-state index in [0.717, 1.165) is 23.3 Å². The summed E-state index contributed by atoms with van der Waals surface area (Å²) in [7, 11) is 0. The molecule has 0 N–H and O–H groups in total. The number of alkyl halides is 1. The molecule has 2 aliphatic carbocycles. The van der Waals surface area contributed by atoms with Crippen LogP contribution in [0, 0.1) is 11.8 Å². The van der Waals surface area contributed by atoms with E-state index in [0.29, 0.717) is 12.0 Å². The monoisotopic (exact) mass is 223 g/mol. The second-order valence-electron chi connectivity index (χ2n) is 4.58. The van der Waals surface area contributed by atoms with Gasteiger partial charge in [0.05, 0.1) is 17.7 Å². The van der Waals surface area contributed by atoms with Crippen molar-refractivity contribution in [3.63, 3.8) is 0 Å². The molecule has 0 radical (unpaired) electrons. The van der Waals surface area contributed by atoms with Crippen molar-refractivity contribution >= 4 is 11.6 Å². The predicted molar refractivity (Wildman–Crippen MR) is 59.0 cm³/mol. The van der Waals surface area contributed by atoms with Gasteiger partial charge in [-0.1, -0.05) is 0 Å². The first-order valence-corrected chi connectivity index (χ1v) is 6.06. The fourth-order valence-electron chi connectivity index (χ4n) is 2.55. The van der Waals surface area contributed by atoms with Gasteiger partial charge in [0, 0.05) is 12.3 Å². The summed E-state index contributed by atoms with van der Waals surface area (Å²) in [6.45, 7) is 0. The summed E-state index contributed by atoms with van der Waals surface area (Å²) in [6, 6.07) is 3.86. The second kappa shape index (κ2) is 3.67. The van der Waals surface area contributed by atoms with Crippen LogP contribution >= 0.6 is 11.6 Å². The molecule has 15 heavy (non-hydrogen) atoms. The SMILES string of the molecule is ClCc1cc(O[C@@H]2C[C@@H]3C[C@@H]3C2)ccn1. The molecule has 0 unspecified atom stereocenters. The standard InChI is InChI=1S/C12H14ClNO/c13-7-10-6-11(1-2-14-10)15-12-4-8-3-9(8)5-12/h1-2,6,8-9,12H,3-5,7H2/t8-,9+,12+. The lowest BCUT2D eigenvalue weighted by Gasteiger charge is -2.15. The van der Waals surface area contributed by atoms with Crippen LogP contribution in [0.15, 0.2) is 18.3 Å². The molecule has 1 heterocycles. The Labute approximate surface area is 94.6 Å². The summed E-state index contributed by atoms with van der Waals surface area (Å²) in [5.74, 6) is 3.30. The van der Waals surface area contributed by atoms with Crippen molar-refractivity contribution in [1.29, 1.82) is 0 Å². The minimum Gasteiger partial charge on any atom is -0.490 e. The average molecular weight is 224 g/mol. The molecule has 3 atom stereocenters. The van der Waals surface area contributed by atoms with Crippen LogP contribution in [0.4, 0.5) is 0 Å². The largest absolute Gasteiger partial charge is 0.490 e. The molecule has 0 saturated heterocycles. The van der Waals surface area contributed by atoms with Crippen LogP contribution < -0.4 is 4.74 Å². The molecule has 2 nitrogen and oxygen atoms in total. The first-order chi connectivity index (χ1) is 7.35. The van der Waals surface area contributed by atoms with Crippen molar-refractivity contribution in [2.24, 2.45) is 11.8 Å². The number of pyridine rings is 1. The van der Waals surface area contributed by atoms with Crippen molar-refractivity contribution in [1.82, 2.24) is 4.98 Å². The average Bonchev–Trinajstić information content (AvgIpc) is 2.87. The third-order valence-corrected chi connectivity index (χ3v) is 3.70. The maximum Gasteiger partial charge on any atom is 0.123 e. The van der Waals surface area contributed by atoms with Crippen molar-refractivity contribution in [2.75, 3.05) is 0 Å². The lowest BCUT2D eigenvalue weighted by atomic mass is 10.2. The van der Waals surface area contributed by atoms with E-state index in [-0.39, 0.29) is 0 Å². The van der Waals surface area contributed by atoms with Crippen molar-refractivity contribution < 1.29 is 4.74 Å². The number of aromatic nitrogens is 1. The van der Waals surface area contributed by atoms with Crippen LogP contribution in [0.2, 0.25) is 0 Å². The highest BCUT2D eigenvalue weighted by molar-refractivity contribution is 6.16. The fraction of sp³-hybridized carbons (Fsp3) is 0.583. The molecule has 2 fully saturated rings. The minimum atomic E-state index is 0.430. The molecule has 1 aromatic heterocycles. The van der Waals surface area contributed by atoms with Gasteiger partial charge in [-0.25, -0.2) is 0 Å². The van der Waals surface area contributed by atoms with Gasteiger partial charge in [0.25, 0.3) is 0 Å². The maximum absolute atomic E-state index is 5.92. The van der Waals surface area contributed by atoms with E-state index < -0.39 is 0 Å². The molecule has 2 aliphatic rings. The molecule has 3 heteroatoms. The van der Waals surface area contributed by atoms with Crippen LogP contribution in [-0.2, 0) is 5.88 Å². The third-order valence-electron chi connectivity index (χ3n) is 3.43. The minimum absolute atomic E-state index is 0.430. The zero-order chi connectivity index (χ0) is 10.3. The Bertz CT molecular complexity index is 358. The normalized spacial score (nSPS) is 32.5. The van der Waals surface area contributed by atoms with Gasteiger partial charge in [0.2, 0.25) is 0 Å². The Morgan fingerprint density at radius 2 is 2.13 bits per heavy atom. The smallest absolute Gasteiger partial charge is 0.123 e. The van der Waals surface area contributed by atoms with Crippen LogP contribution in [0.1, 0.15) is 25.0 Å². The third kappa shape index (κ3) is 1.96. The Morgan fingerprint density at radius 3 is 2.87 bits per heavy atom. The fourth-order valence-corrected chi connectivity index (χ4v) is 2.70. The van der Waals surface area contributed by atoms with Gasteiger partial charge in [0.1, 0.15) is 5.75 Å². The highest BCUT2D eigenvalue weighted by Crippen LogP contribution is 2.52. The van der Waals surface area contributed by atoms with Crippen molar-refractivity contribution in [2.45, 2.75) is 31.2 Å². The molecule has 0 amide bonds. The highest BCUT2D eigenvalue weighted by Gasteiger charge is 2.46. The van der Waals surface area contributed by atoms with Gasteiger partial charge < -0.3 is 4.74 Å². The van der Waals surface area contributed by atoms with Crippen molar-refractivity contribution in [3.8, 4) is 5.75 Å². The number of rotatable bonds is 3. The first kappa shape index (κ1) is 9.46. The molecule has 0 aromatic carbocycles. The number of fused-ring (bicyclic) bond motifs is 1. The summed E-state index contributed by atoms with van der Waals surface area (Å²) in [5.41, 5.74) is 0.886. The summed E-state index contributed by atoms with van der Waals surface area (Å²) >= 11 is 5.73. The summed E-state index contributed by atoms with van der Waals surface area (Å²) in [5, 5.41) is 0. The van der Waals surface area contributed by atoms with Gasteiger partial charge in [-0.05, 0) is 37.2 Å². The van der Waals surface area contributed by atoms with Gasteiger partial charge in [-0.15, -0.1) is 11.6 Å². The lowest BCUT2D eigenvalue weighted by Crippen LogP contribution is -2.13. The molecular formula is C12H14ClNO. The van der Waals surface area contributed by atoms with E-state index in [1.807, 2.05) is 12.1 Å². The molecular weight excluding hydrogens is 210 g/mol. The molecule has 0 bridgehead atoms. The van der Waals surface area contributed by atoms with Gasteiger partial charge in [0.15, 0.2) is 0 Å². The molecule has 3 rings (SSSR count). The molecule has 1 aromatic rings. The first-order valence-electron chi connectivity index (χ1n) is 5.52. The Kier molecular flexibility index (Phi) is 2.32. The van der Waals surface area contributed by atoms with Crippen LogP contribution in [-0.4, -0.2) is 11.1 Å². The molecule has 2 saturated carbocycles. The number of nitrogens with zero attached hydrogens (tertiary/aromatic N) is 1. The predicted octanol–water partition coefficient (Wildman–Crippen LogP) is 3.00. The number of halogens is 1. The summed E-state index contributed by atoms with van der Waals surface area (Å²) < 4.78 is 5.92. The number of ether oxygens (including phenoxy) is 1. The van der Waals surface area contributed by atoms with Crippen LogP contribution in [0.25, 0.3) is 0 Å². The number of hydrogen-bond donors (Lipinski definition) is 0. The zero-order valence-electron chi connectivity index (χ0n) is 8.53. The van der Waals surface area contributed by atoms with Gasteiger partial charge in [-0.3, -0.25) is 4.98 Å². The van der Waals surface area contributed by atoms with E-state index in [1.54, 1.807) is 6.20 Å². The second-order valence-corrected chi connectivity index (χ2v) is 4.85. The van der Waals surface area contributed by atoms with E-state index in [9.17, 15) is 0 Å². The van der Waals surface area contributed by atoms with E-state index >= 15 is 0 Å². The van der Waals surface area contributed by atoms with Gasteiger partial charge in [-0.2, -0.15) is 0 Å². The highest BCUT2D eigenvalue weighted by atomic mass is 35.5. The van der Waals surface area contributed by atoms with Crippen LogP contribution in [0.5, 0.6) is 5.75 Å². The van der Waals surface area contributed by atoms with Gasteiger partial charge >= 0.3 is 0 Å². The van der Waals surface area contributed by atoms with E-state index in [2.05, 4.69) is 4.98 Å². The Hall–Kier alpha value is -0.760. The topological polar surface area (TPSA) is 22.1 Å². The molecule has 0 aliphatic heterocycles. The van der Waals surface area contributed by atoms with E-state index in [4.69, 9.17) is 16.3 Å². The quantitative estimate of drug-likeness (QED) is 0.735. The van der Waals surface area contributed by atoms with Crippen LogP contribution in [0.3, 0.4) is 0 Å². The summed E-state index contributed by atoms with van der Waals surface area (Å²) in [6.07, 6.45) is 6.11. The Morgan fingerprint density at radius 1 is 1.33 bits per heavy atom. The Balaban J connectivity index is 1.65. The van der Waals surface area contributed by atoms with E-state index in [1.165, 1.54) is 19.3 Å². The molecule has 0 spiro atoms. The zero-order valence-corrected chi connectivity index (χ0v) is 9.28.